The molecule has 114 valence electrons. The Morgan fingerprint density at radius 3 is 2.52 bits per heavy atom. The number of benzene rings is 1. The Hall–Kier alpha value is -1.84. The van der Waals surface area contributed by atoms with E-state index in [1.165, 1.54) is 32.3 Å². The lowest BCUT2D eigenvalue weighted by atomic mass is 10.1. The zero-order valence-corrected chi connectivity index (χ0v) is 12.6. The molecule has 0 bridgehead atoms. The Bertz CT molecular complexity index is 730. The van der Waals surface area contributed by atoms with Gasteiger partial charge in [-0.1, -0.05) is 23.4 Å². The van der Waals surface area contributed by atoms with Crippen LogP contribution in [-0.2, 0) is 10.2 Å². The normalized spacial score (nSPS) is 13.6. The summed E-state index contributed by atoms with van der Waals surface area (Å²) in [5.74, 6) is -0.259. The molecule has 1 atom stereocenters. The smallest absolute Gasteiger partial charge is 0.279 e. The number of aryl methyl sites for hydroxylation is 1. The van der Waals surface area contributed by atoms with Crippen LogP contribution in [0.15, 0.2) is 28.8 Å². The lowest BCUT2D eigenvalue weighted by Gasteiger charge is -2.19. The highest BCUT2D eigenvalue weighted by Gasteiger charge is 2.28. The van der Waals surface area contributed by atoms with Gasteiger partial charge in [0.15, 0.2) is 5.82 Å². The van der Waals surface area contributed by atoms with Gasteiger partial charge in [-0.25, -0.2) is 4.39 Å². The standard InChI is InChI=1S/C12H15FN4O3S/c1-8-14-12(15-20-8)11(16-21(18,19)17(2)3)9-6-4-5-7-10(9)13/h4-7,11,16H,1-3H3/t11-/m1/s1. The molecule has 0 saturated heterocycles. The van der Waals surface area contributed by atoms with Crippen LogP contribution in [0.3, 0.4) is 0 Å². The summed E-state index contributed by atoms with van der Waals surface area (Å²) in [6, 6.07) is 4.74. The maximum Gasteiger partial charge on any atom is 0.279 e. The molecule has 9 heteroatoms. The van der Waals surface area contributed by atoms with Crippen LogP contribution in [-0.4, -0.2) is 37.0 Å². The van der Waals surface area contributed by atoms with Gasteiger partial charge in [-0.15, -0.1) is 0 Å². The zero-order valence-electron chi connectivity index (χ0n) is 11.7. The van der Waals surface area contributed by atoms with E-state index >= 15 is 0 Å². The summed E-state index contributed by atoms with van der Waals surface area (Å²) in [6.45, 7) is 1.56. The molecule has 1 heterocycles. The van der Waals surface area contributed by atoms with Crippen molar-refractivity contribution in [3.63, 3.8) is 0 Å². The predicted molar refractivity (Wildman–Crippen MR) is 73.0 cm³/mol. The van der Waals surface area contributed by atoms with E-state index in [1.807, 2.05) is 0 Å². The molecule has 0 aliphatic rings. The van der Waals surface area contributed by atoms with Crippen molar-refractivity contribution in [3.05, 3.63) is 47.4 Å². The monoisotopic (exact) mass is 314 g/mol. The number of nitrogens with one attached hydrogen (secondary N) is 1. The highest BCUT2D eigenvalue weighted by atomic mass is 32.2. The number of aromatic nitrogens is 2. The molecule has 0 aliphatic heterocycles. The molecule has 0 spiro atoms. The third kappa shape index (κ3) is 3.43. The molecular formula is C12H15FN4O3S. The number of halogens is 1. The molecule has 1 N–H and O–H groups in total. The third-order valence-electron chi connectivity index (χ3n) is 2.77. The van der Waals surface area contributed by atoms with E-state index in [0.717, 1.165) is 4.31 Å². The first-order valence-corrected chi connectivity index (χ1v) is 7.49. The van der Waals surface area contributed by atoms with Gasteiger partial charge in [0.25, 0.3) is 10.2 Å². The van der Waals surface area contributed by atoms with Crippen molar-refractivity contribution in [3.8, 4) is 0 Å². The van der Waals surface area contributed by atoms with Crippen LogP contribution in [0, 0.1) is 12.7 Å². The van der Waals surface area contributed by atoms with Gasteiger partial charge in [-0.05, 0) is 6.07 Å². The van der Waals surface area contributed by atoms with Crippen molar-refractivity contribution >= 4 is 10.2 Å². The number of hydrogen-bond donors (Lipinski definition) is 1. The molecule has 1 aromatic heterocycles. The zero-order chi connectivity index (χ0) is 15.6. The highest BCUT2D eigenvalue weighted by Crippen LogP contribution is 2.23. The lowest BCUT2D eigenvalue weighted by molar-refractivity contribution is 0.383. The minimum atomic E-state index is -3.81. The first kappa shape index (κ1) is 15.5. The Labute approximate surface area is 122 Å². The van der Waals surface area contributed by atoms with E-state index in [4.69, 9.17) is 4.52 Å². The summed E-state index contributed by atoms with van der Waals surface area (Å²) in [5, 5.41) is 3.68. The fourth-order valence-electron chi connectivity index (χ4n) is 1.65. The largest absolute Gasteiger partial charge is 0.340 e. The molecule has 0 aliphatic carbocycles. The molecule has 21 heavy (non-hydrogen) atoms. The molecule has 7 nitrogen and oxygen atoms in total. The lowest BCUT2D eigenvalue weighted by Crippen LogP contribution is -2.39. The Balaban J connectivity index is 2.48. The topological polar surface area (TPSA) is 88.3 Å². The van der Waals surface area contributed by atoms with Gasteiger partial charge in [-0.2, -0.15) is 22.4 Å². The maximum absolute atomic E-state index is 14.0. The molecule has 0 saturated carbocycles. The van der Waals surface area contributed by atoms with Crippen LogP contribution in [0.1, 0.15) is 23.3 Å². The molecule has 2 rings (SSSR count). The van der Waals surface area contributed by atoms with Crippen molar-refractivity contribution < 1.29 is 17.3 Å². The minimum absolute atomic E-state index is 0.0445. The SMILES string of the molecule is Cc1nc([C@H](NS(=O)(=O)N(C)C)c2ccccc2F)no1. The van der Waals surface area contributed by atoms with Gasteiger partial charge in [0.2, 0.25) is 5.89 Å². The van der Waals surface area contributed by atoms with Gasteiger partial charge in [0.05, 0.1) is 0 Å². The molecule has 0 unspecified atom stereocenters. The number of nitrogens with zero attached hydrogens (tertiary/aromatic N) is 3. The molecule has 0 amide bonds. The van der Waals surface area contributed by atoms with Gasteiger partial charge in [-0.3, -0.25) is 0 Å². The summed E-state index contributed by atoms with van der Waals surface area (Å²) in [4.78, 5) is 3.98. The molecule has 1 aromatic carbocycles. The van der Waals surface area contributed by atoms with Crippen molar-refractivity contribution in [2.24, 2.45) is 0 Å². The molecule has 0 fully saturated rings. The second-order valence-electron chi connectivity index (χ2n) is 4.53. The van der Waals surface area contributed by atoms with Crippen LogP contribution >= 0.6 is 0 Å². The number of rotatable bonds is 5. The van der Waals surface area contributed by atoms with Crippen molar-refractivity contribution in [2.45, 2.75) is 13.0 Å². The van der Waals surface area contributed by atoms with Crippen molar-refractivity contribution in [1.29, 1.82) is 0 Å². The van der Waals surface area contributed by atoms with Crippen LogP contribution in [0.2, 0.25) is 0 Å². The summed E-state index contributed by atoms with van der Waals surface area (Å²) in [6.07, 6.45) is 0. The van der Waals surface area contributed by atoms with E-state index in [2.05, 4.69) is 14.9 Å². The van der Waals surface area contributed by atoms with Crippen LogP contribution in [0.5, 0.6) is 0 Å². The van der Waals surface area contributed by atoms with E-state index in [9.17, 15) is 12.8 Å². The molecular weight excluding hydrogens is 299 g/mol. The molecule has 2 aromatic rings. The summed E-state index contributed by atoms with van der Waals surface area (Å²) in [7, 11) is -1.08. The first-order valence-electron chi connectivity index (χ1n) is 6.05. The van der Waals surface area contributed by atoms with E-state index in [0.29, 0.717) is 0 Å². The Morgan fingerprint density at radius 1 is 1.33 bits per heavy atom. The molecule has 0 radical (unpaired) electrons. The Morgan fingerprint density at radius 2 is 2.00 bits per heavy atom. The van der Waals surface area contributed by atoms with Gasteiger partial charge < -0.3 is 4.52 Å². The first-order chi connectivity index (χ1) is 9.81. The second-order valence-corrected chi connectivity index (χ2v) is 6.45. The van der Waals surface area contributed by atoms with E-state index < -0.39 is 22.1 Å². The Kier molecular flexibility index (Phi) is 4.35. The summed E-state index contributed by atoms with van der Waals surface area (Å²) < 4.78 is 46.2. The average molecular weight is 314 g/mol. The highest BCUT2D eigenvalue weighted by molar-refractivity contribution is 7.87. The summed E-state index contributed by atoms with van der Waals surface area (Å²) >= 11 is 0. The van der Waals surface area contributed by atoms with Crippen LogP contribution in [0.25, 0.3) is 0 Å². The fourth-order valence-corrected chi connectivity index (χ4v) is 2.39. The van der Waals surface area contributed by atoms with Crippen LogP contribution < -0.4 is 4.72 Å². The van der Waals surface area contributed by atoms with E-state index in [-0.39, 0.29) is 17.3 Å². The third-order valence-corrected chi connectivity index (χ3v) is 4.26. The van der Waals surface area contributed by atoms with Gasteiger partial charge in [0, 0.05) is 26.6 Å². The quantitative estimate of drug-likeness (QED) is 0.889. The predicted octanol–water partition coefficient (Wildman–Crippen LogP) is 1.00. The van der Waals surface area contributed by atoms with Crippen molar-refractivity contribution in [2.75, 3.05) is 14.1 Å². The van der Waals surface area contributed by atoms with Crippen LogP contribution in [0.4, 0.5) is 4.39 Å². The van der Waals surface area contributed by atoms with Crippen molar-refractivity contribution in [1.82, 2.24) is 19.2 Å². The van der Waals surface area contributed by atoms with Gasteiger partial charge in [0.1, 0.15) is 11.9 Å². The second kappa shape index (κ2) is 5.88. The average Bonchev–Trinajstić information content (AvgIpc) is 2.83. The minimum Gasteiger partial charge on any atom is -0.340 e. The fraction of sp³-hybridized carbons (Fsp3) is 0.333. The maximum atomic E-state index is 14.0. The van der Waals surface area contributed by atoms with E-state index in [1.54, 1.807) is 13.0 Å². The van der Waals surface area contributed by atoms with Gasteiger partial charge >= 0.3 is 0 Å². The number of hydrogen-bond acceptors (Lipinski definition) is 5. The summed E-state index contributed by atoms with van der Waals surface area (Å²) in [5.41, 5.74) is 0.115.